The van der Waals surface area contributed by atoms with Crippen molar-refractivity contribution in [2.45, 2.75) is 88.4 Å². The first kappa shape index (κ1) is 46.2. The highest BCUT2D eigenvalue weighted by Crippen LogP contribution is 2.27. The molecule has 7 rings (SSSR count). The summed E-state index contributed by atoms with van der Waals surface area (Å²) in [4.78, 5) is 87.0. The highest BCUT2D eigenvalue weighted by molar-refractivity contribution is 5.95. The molecule has 342 valence electrons. The first-order chi connectivity index (χ1) is 31.6. The van der Waals surface area contributed by atoms with Crippen LogP contribution in [0.25, 0.3) is 21.8 Å². The summed E-state index contributed by atoms with van der Waals surface area (Å²) >= 11 is 0. The van der Waals surface area contributed by atoms with Crippen LogP contribution in [-0.2, 0) is 44.9 Å². The van der Waals surface area contributed by atoms with Crippen molar-refractivity contribution in [3.8, 4) is 0 Å². The van der Waals surface area contributed by atoms with E-state index in [2.05, 4.69) is 30.6 Å². The van der Waals surface area contributed by atoms with Gasteiger partial charge in [0.25, 0.3) is 0 Å². The highest BCUT2D eigenvalue weighted by Gasteiger charge is 2.38. The average molecular weight is 884 g/mol. The van der Waals surface area contributed by atoms with Crippen LogP contribution in [0.1, 0.15) is 60.9 Å². The molecule has 5 amide bonds. The Morgan fingerprint density at radius 1 is 0.754 bits per heavy atom. The lowest BCUT2D eigenvalue weighted by molar-refractivity contribution is -0.133. The van der Waals surface area contributed by atoms with E-state index in [1.807, 2.05) is 91.3 Å². The van der Waals surface area contributed by atoms with E-state index in [0.717, 1.165) is 44.2 Å². The number of para-hydroxylation sites is 2. The summed E-state index contributed by atoms with van der Waals surface area (Å²) < 4.78 is 0. The van der Waals surface area contributed by atoms with Gasteiger partial charge >= 0.3 is 6.03 Å². The third kappa shape index (κ3) is 12.1. The number of aromatic nitrogens is 4. The van der Waals surface area contributed by atoms with Crippen molar-refractivity contribution in [2.75, 3.05) is 26.2 Å². The van der Waals surface area contributed by atoms with Crippen LogP contribution >= 0.6 is 0 Å². The standard InChI is InChI=1S/C49H61N11O5/c50-19-9-8-17-43(46(52)62)58-47(63)33(23-32-11-2-1-3-12-32)26-45(61)44(25-35-29-55-42-16-7-5-14-39(35)42)60-21-10-20-59(49(60)65)22-18-36(24-34-28-54-41-15-6-4-13-38(34)41)57-48(64)40(51)27-37-30-53-31-56-37/h1-7,11-16,28-31,33,36,40,43-44,54-55H,8-10,17-27,50-51H2,(H2,52,62)(H,53,56)(H,57,64)(H,58,63)/t33-,36-,40-,43-,44-/m0/s1. The molecular formula is C49H61N11O5. The van der Waals surface area contributed by atoms with Gasteiger partial charge in [-0.1, -0.05) is 66.7 Å². The largest absolute Gasteiger partial charge is 0.368 e. The summed E-state index contributed by atoms with van der Waals surface area (Å²) in [5.41, 5.74) is 23.2. The number of carbonyl (C=O) groups is 5. The quantitative estimate of drug-likeness (QED) is 0.0411. The van der Waals surface area contributed by atoms with Crippen molar-refractivity contribution >= 4 is 51.3 Å². The maximum absolute atomic E-state index is 15.0. The molecule has 16 heteroatoms. The van der Waals surface area contributed by atoms with Crippen LogP contribution in [0.4, 0.5) is 4.79 Å². The molecular weight excluding hydrogens is 823 g/mol. The van der Waals surface area contributed by atoms with Crippen LogP contribution < -0.4 is 27.8 Å². The molecule has 6 aromatic rings. The minimum absolute atomic E-state index is 0.177. The van der Waals surface area contributed by atoms with E-state index in [9.17, 15) is 24.0 Å². The zero-order valence-electron chi connectivity index (χ0n) is 36.7. The van der Waals surface area contributed by atoms with Gasteiger partial charge < -0.3 is 52.6 Å². The smallest absolute Gasteiger partial charge is 0.320 e. The first-order valence-corrected chi connectivity index (χ1v) is 22.6. The molecule has 4 heterocycles. The molecule has 5 atom stereocenters. The molecule has 65 heavy (non-hydrogen) atoms. The van der Waals surface area contributed by atoms with Gasteiger partial charge in [0, 0.05) is 96.9 Å². The number of carbonyl (C=O) groups excluding carboxylic acids is 5. The molecule has 0 aliphatic carbocycles. The Morgan fingerprint density at radius 2 is 1.43 bits per heavy atom. The van der Waals surface area contributed by atoms with Crippen LogP contribution in [0.3, 0.4) is 0 Å². The molecule has 1 aliphatic heterocycles. The third-order valence-corrected chi connectivity index (χ3v) is 12.5. The Balaban J connectivity index is 1.12. The fraction of sp³-hybridized carbons (Fsp3) is 0.388. The van der Waals surface area contributed by atoms with Crippen molar-refractivity contribution in [1.29, 1.82) is 0 Å². The number of primary amides is 1. The molecule has 1 saturated heterocycles. The number of nitrogens with zero attached hydrogens (tertiary/aromatic N) is 3. The number of Topliss-reactive ketones (excluding diaryl/α,β-unsaturated/α-hetero) is 1. The topological polar surface area (TPSA) is 254 Å². The summed E-state index contributed by atoms with van der Waals surface area (Å²) in [6, 6.07) is 21.9. The molecule has 3 aromatic carbocycles. The van der Waals surface area contributed by atoms with Crippen molar-refractivity contribution in [2.24, 2.45) is 23.1 Å². The van der Waals surface area contributed by atoms with Gasteiger partial charge in [-0.05, 0) is 80.3 Å². The Kier molecular flexibility index (Phi) is 15.8. The normalized spacial score (nSPS) is 15.4. The van der Waals surface area contributed by atoms with Crippen molar-refractivity contribution in [1.82, 2.24) is 40.4 Å². The van der Waals surface area contributed by atoms with Gasteiger partial charge in [0.1, 0.15) is 6.04 Å². The predicted molar refractivity (Wildman–Crippen MR) is 250 cm³/mol. The number of fused-ring (bicyclic) bond motifs is 2. The number of nitrogens with two attached hydrogens (primary N) is 3. The average Bonchev–Trinajstić information content (AvgIpc) is 4.08. The highest BCUT2D eigenvalue weighted by atomic mass is 16.2. The molecule has 0 radical (unpaired) electrons. The summed E-state index contributed by atoms with van der Waals surface area (Å²) in [7, 11) is 0. The number of aromatic amines is 3. The molecule has 0 spiro atoms. The molecule has 3 aromatic heterocycles. The number of ketones is 1. The predicted octanol–water partition coefficient (Wildman–Crippen LogP) is 4.02. The van der Waals surface area contributed by atoms with E-state index in [4.69, 9.17) is 17.2 Å². The van der Waals surface area contributed by atoms with E-state index < -0.39 is 35.9 Å². The van der Waals surface area contributed by atoms with Gasteiger partial charge in [0.15, 0.2) is 5.78 Å². The summed E-state index contributed by atoms with van der Waals surface area (Å²) in [5.74, 6) is -2.54. The molecule has 0 bridgehead atoms. The van der Waals surface area contributed by atoms with E-state index in [0.29, 0.717) is 64.7 Å². The van der Waals surface area contributed by atoms with Crippen molar-refractivity contribution < 1.29 is 24.0 Å². The van der Waals surface area contributed by atoms with Gasteiger partial charge in [-0.25, -0.2) is 9.78 Å². The fourth-order valence-electron chi connectivity index (χ4n) is 8.95. The first-order valence-electron chi connectivity index (χ1n) is 22.6. The number of nitrogens with one attached hydrogen (secondary N) is 5. The SMILES string of the molecule is NCCCC[C@H](NC(=O)[C@H](CC(=O)[C@H](Cc1c[nH]c2ccccc12)N1CCCN(CC[C@@H](Cc2c[nH]c3ccccc23)NC(=O)[C@@H](N)Cc2cnc[nH]2)C1=O)Cc1ccccc1)C(N)=O. The summed E-state index contributed by atoms with van der Waals surface area (Å²) in [6.45, 7) is 1.56. The van der Waals surface area contributed by atoms with Gasteiger partial charge in [0.05, 0.1) is 18.4 Å². The number of hydrogen-bond donors (Lipinski definition) is 8. The molecule has 1 fully saturated rings. The van der Waals surface area contributed by atoms with Crippen molar-refractivity contribution in [3.05, 3.63) is 126 Å². The molecule has 0 unspecified atom stereocenters. The second-order valence-corrected chi connectivity index (χ2v) is 17.1. The molecule has 11 N–H and O–H groups in total. The second-order valence-electron chi connectivity index (χ2n) is 17.1. The van der Waals surface area contributed by atoms with Crippen LogP contribution in [0.5, 0.6) is 0 Å². The minimum atomic E-state index is -0.918. The van der Waals surface area contributed by atoms with E-state index in [1.165, 1.54) is 0 Å². The maximum Gasteiger partial charge on any atom is 0.320 e. The maximum atomic E-state index is 15.0. The van der Waals surface area contributed by atoms with Gasteiger partial charge in [-0.15, -0.1) is 0 Å². The molecule has 0 saturated carbocycles. The zero-order chi connectivity index (χ0) is 45.7. The number of H-pyrrole nitrogens is 3. The second kappa shape index (κ2) is 22.2. The van der Waals surface area contributed by atoms with Crippen molar-refractivity contribution in [3.63, 3.8) is 0 Å². The lowest BCUT2D eigenvalue weighted by atomic mass is 9.88. The number of hydrogen-bond acceptors (Lipinski definition) is 8. The van der Waals surface area contributed by atoms with E-state index >= 15 is 0 Å². The number of unbranched alkanes of at least 4 members (excludes halogenated alkanes) is 1. The number of benzene rings is 3. The Hall–Kier alpha value is -6.78. The third-order valence-electron chi connectivity index (χ3n) is 12.5. The lowest BCUT2D eigenvalue weighted by Crippen LogP contribution is -2.57. The van der Waals surface area contributed by atoms with Crippen LogP contribution in [0.15, 0.2) is 104 Å². The van der Waals surface area contributed by atoms with Crippen LogP contribution in [0.2, 0.25) is 0 Å². The van der Waals surface area contributed by atoms with Gasteiger partial charge in [0.2, 0.25) is 17.7 Å². The zero-order valence-corrected chi connectivity index (χ0v) is 36.7. The minimum Gasteiger partial charge on any atom is -0.368 e. The number of imidazole rings is 1. The van der Waals surface area contributed by atoms with E-state index in [1.54, 1.807) is 22.3 Å². The van der Waals surface area contributed by atoms with E-state index in [-0.39, 0.29) is 49.4 Å². The molecule has 1 aliphatic rings. The monoisotopic (exact) mass is 883 g/mol. The number of urea groups is 1. The Labute approximate surface area is 378 Å². The van der Waals surface area contributed by atoms with Gasteiger partial charge in [-0.3, -0.25) is 19.2 Å². The van der Waals surface area contributed by atoms with Crippen LogP contribution in [0, 0.1) is 5.92 Å². The fourth-order valence-corrected chi connectivity index (χ4v) is 8.95. The molecule has 16 nitrogen and oxygen atoms in total. The Morgan fingerprint density at radius 3 is 2.09 bits per heavy atom. The van der Waals surface area contributed by atoms with Gasteiger partial charge in [-0.2, -0.15) is 0 Å². The number of rotatable bonds is 24. The number of amides is 5. The lowest BCUT2D eigenvalue weighted by Gasteiger charge is -2.40. The Bertz CT molecular complexity index is 2520. The van der Waals surface area contributed by atoms with Crippen LogP contribution in [-0.4, -0.2) is 110 Å². The summed E-state index contributed by atoms with van der Waals surface area (Å²) in [5, 5.41) is 8.01. The summed E-state index contributed by atoms with van der Waals surface area (Å²) in [6.07, 6.45) is 10.7.